The Morgan fingerprint density at radius 1 is 1.23 bits per heavy atom. The second-order valence-corrected chi connectivity index (χ2v) is 7.41. The number of nitrogens with one attached hydrogen (secondary N) is 2. The third kappa shape index (κ3) is 3.31. The molecule has 4 rings (SSSR count). The molecule has 0 aliphatic carbocycles. The molecule has 2 aromatic heterocycles. The molecule has 5 nitrogen and oxygen atoms in total. The zero-order valence-electron chi connectivity index (χ0n) is 14.1. The Bertz CT molecular complexity index is 1080. The van der Waals surface area contributed by atoms with Crippen molar-refractivity contribution >= 4 is 27.4 Å². The third-order valence-corrected chi connectivity index (χ3v) is 5.39. The Morgan fingerprint density at radius 2 is 2.04 bits per heavy atom. The van der Waals surface area contributed by atoms with E-state index < -0.39 is 10.7 Å². The number of rotatable bonds is 5. The normalized spacial score (nSPS) is 12.5. The topological polar surface area (TPSA) is 66.7 Å². The maximum atomic E-state index is 13.3. The van der Waals surface area contributed by atoms with Crippen molar-refractivity contribution in [3.63, 3.8) is 0 Å². The SMILES string of the molecule is C=S(NCc1nc(C)no1)c1ccc(-c2c[nH]c3cc(F)ccc23)cc1. The van der Waals surface area contributed by atoms with Gasteiger partial charge >= 0.3 is 0 Å². The smallest absolute Gasteiger partial charge is 0.241 e. The van der Waals surface area contributed by atoms with Gasteiger partial charge < -0.3 is 9.51 Å². The van der Waals surface area contributed by atoms with Crippen molar-refractivity contribution in [1.82, 2.24) is 19.8 Å². The van der Waals surface area contributed by atoms with Crippen LogP contribution in [0.25, 0.3) is 22.0 Å². The summed E-state index contributed by atoms with van der Waals surface area (Å²) in [5.41, 5.74) is 2.90. The van der Waals surface area contributed by atoms with Crippen molar-refractivity contribution in [2.75, 3.05) is 0 Å². The Kier molecular flexibility index (Phi) is 4.40. The van der Waals surface area contributed by atoms with Crippen molar-refractivity contribution in [3.05, 3.63) is 66.2 Å². The maximum Gasteiger partial charge on any atom is 0.241 e. The number of aromatic nitrogens is 3. The molecule has 0 saturated carbocycles. The highest BCUT2D eigenvalue weighted by atomic mass is 32.2. The summed E-state index contributed by atoms with van der Waals surface area (Å²) in [5.74, 6) is 5.08. The van der Waals surface area contributed by atoms with Gasteiger partial charge in [0.1, 0.15) is 5.82 Å². The van der Waals surface area contributed by atoms with Gasteiger partial charge in [0.2, 0.25) is 5.89 Å². The number of fused-ring (bicyclic) bond motifs is 1. The number of benzene rings is 2. The van der Waals surface area contributed by atoms with Crippen LogP contribution >= 0.6 is 10.7 Å². The Balaban J connectivity index is 1.51. The number of aromatic amines is 1. The van der Waals surface area contributed by atoms with Gasteiger partial charge in [0.25, 0.3) is 0 Å². The van der Waals surface area contributed by atoms with Crippen molar-refractivity contribution in [2.45, 2.75) is 18.4 Å². The van der Waals surface area contributed by atoms with Crippen LogP contribution in [0.3, 0.4) is 0 Å². The molecule has 2 heterocycles. The van der Waals surface area contributed by atoms with E-state index in [4.69, 9.17) is 4.52 Å². The third-order valence-electron chi connectivity index (χ3n) is 4.06. The quantitative estimate of drug-likeness (QED) is 0.512. The fourth-order valence-electron chi connectivity index (χ4n) is 2.78. The molecule has 0 aliphatic heterocycles. The van der Waals surface area contributed by atoms with Crippen LogP contribution in [0.15, 0.2) is 58.1 Å². The second-order valence-electron chi connectivity index (χ2n) is 5.86. The summed E-state index contributed by atoms with van der Waals surface area (Å²) >= 11 is 0. The molecule has 1 atom stereocenters. The van der Waals surface area contributed by atoms with Crippen molar-refractivity contribution in [3.8, 4) is 11.1 Å². The molecule has 2 aromatic carbocycles. The summed E-state index contributed by atoms with van der Waals surface area (Å²) in [6.07, 6.45) is 1.90. The number of aryl methyl sites for hydroxylation is 1. The van der Waals surface area contributed by atoms with E-state index in [1.165, 1.54) is 12.1 Å². The highest BCUT2D eigenvalue weighted by Crippen LogP contribution is 2.31. The highest BCUT2D eigenvalue weighted by Gasteiger charge is 2.08. The lowest BCUT2D eigenvalue weighted by molar-refractivity contribution is 0.373. The van der Waals surface area contributed by atoms with Crippen LogP contribution in [0.1, 0.15) is 11.7 Å². The van der Waals surface area contributed by atoms with E-state index in [0.717, 1.165) is 26.9 Å². The predicted molar refractivity (Wildman–Crippen MR) is 103 cm³/mol. The number of H-pyrrole nitrogens is 1. The molecular weight excluding hydrogens is 351 g/mol. The van der Waals surface area contributed by atoms with Gasteiger partial charge in [-0.3, -0.25) is 4.72 Å². The summed E-state index contributed by atoms with van der Waals surface area (Å²) in [6.45, 7) is 2.26. The summed E-state index contributed by atoms with van der Waals surface area (Å²) < 4.78 is 21.7. The van der Waals surface area contributed by atoms with E-state index in [-0.39, 0.29) is 5.82 Å². The first-order valence-electron chi connectivity index (χ1n) is 8.04. The molecule has 1 unspecified atom stereocenters. The maximum absolute atomic E-state index is 13.3. The average molecular weight is 368 g/mol. The number of nitrogens with zero attached hydrogens (tertiary/aromatic N) is 2. The number of hydrogen-bond donors (Lipinski definition) is 2. The van der Waals surface area contributed by atoms with E-state index in [0.29, 0.717) is 18.3 Å². The monoisotopic (exact) mass is 368 g/mol. The van der Waals surface area contributed by atoms with Gasteiger partial charge in [0, 0.05) is 27.6 Å². The van der Waals surface area contributed by atoms with Crippen molar-refractivity contribution in [1.29, 1.82) is 0 Å². The number of hydrogen-bond acceptors (Lipinski definition) is 4. The highest BCUT2D eigenvalue weighted by molar-refractivity contribution is 8.12. The van der Waals surface area contributed by atoms with E-state index >= 15 is 0 Å². The Morgan fingerprint density at radius 3 is 2.77 bits per heavy atom. The molecule has 0 spiro atoms. The van der Waals surface area contributed by atoms with E-state index in [1.807, 2.05) is 30.5 Å². The van der Waals surface area contributed by atoms with Gasteiger partial charge in [-0.2, -0.15) is 4.98 Å². The zero-order chi connectivity index (χ0) is 18.1. The largest absolute Gasteiger partial charge is 0.360 e. The minimum Gasteiger partial charge on any atom is -0.360 e. The average Bonchev–Trinajstić information content (AvgIpc) is 3.25. The lowest BCUT2D eigenvalue weighted by atomic mass is 10.1. The van der Waals surface area contributed by atoms with Crippen LogP contribution in [0.2, 0.25) is 0 Å². The summed E-state index contributed by atoms with van der Waals surface area (Å²) in [5, 5.41) is 4.77. The van der Waals surface area contributed by atoms with E-state index in [9.17, 15) is 4.39 Å². The van der Waals surface area contributed by atoms with Crippen LogP contribution in [0.4, 0.5) is 4.39 Å². The van der Waals surface area contributed by atoms with E-state index in [2.05, 4.69) is 25.7 Å². The molecule has 4 aromatic rings. The Hall–Kier alpha value is -2.77. The summed E-state index contributed by atoms with van der Waals surface area (Å²) in [4.78, 5) is 8.36. The van der Waals surface area contributed by atoms with Gasteiger partial charge in [0.15, 0.2) is 5.82 Å². The molecule has 0 amide bonds. The van der Waals surface area contributed by atoms with Crippen molar-refractivity contribution < 1.29 is 8.91 Å². The molecule has 26 heavy (non-hydrogen) atoms. The molecule has 132 valence electrons. The van der Waals surface area contributed by atoms with Crippen LogP contribution in [-0.2, 0) is 6.54 Å². The first-order valence-corrected chi connectivity index (χ1v) is 9.43. The molecule has 0 aliphatic rings. The van der Waals surface area contributed by atoms with Gasteiger partial charge in [-0.05, 0) is 42.8 Å². The molecule has 2 N–H and O–H groups in total. The van der Waals surface area contributed by atoms with Crippen molar-refractivity contribution in [2.24, 2.45) is 0 Å². The van der Waals surface area contributed by atoms with Crippen LogP contribution < -0.4 is 4.72 Å². The summed E-state index contributed by atoms with van der Waals surface area (Å²) in [6, 6.07) is 13.0. The van der Waals surface area contributed by atoms with Gasteiger partial charge in [-0.25, -0.2) is 4.39 Å². The molecule has 0 saturated heterocycles. The minimum absolute atomic E-state index is 0.245. The lowest BCUT2D eigenvalue weighted by Crippen LogP contribution is -2.06. The van der Waals surface area contributed by atoms with E-state index in [1.54, 1.807) is 13.0 Å². The second kappa shape index (κ2) is 6.86. The standard InChI is InChI=1S/C19H17FN4OS/c1-12-23-19(25-24-12)11-22-26(2)15-6-3-13(4-7-15)17-10-21-18-9-14(20)5-8-16(17)18/h3-10,21-22H,2,11H2,1H3. The molecule has 0 fully saturated rings. The first kappa shape index (κ1) is 16.7. The number of halogens is 1. The molecular formula is C19H17FN4OS. The molecule has 0 bridgehead atoms. The zero-order valence-corrected chi connectivity index (χ0v) is 14.9. The Labute approximate surface area is 152 Å². The minimum atomic E-state index is -0.395. The van der Waals surface area contributed by atoms with Gasteiger partial charge in [0.05, 0.1) is 6.54 Å². The first-order chi connectivity index (χ1) is 12.6. The predicted octanol–water partition coefficient (Wildman–Crippen LogP) is 4.43. The fourth-order valence-corrected chi connectivity index (χ4v) is 3.71. The van der Waals surface area contributed by atoms with Gasteiger partial charge in [-0.1, -0.05) is 33.8 Å². The van der Waals surface area contributed by atoms with Gasteiger partial charge in [-0.15, -0.1) is 0 Å². The fraction of sp³-hybridized carbons (Fsp3) is 0.105. The summed E-state index contributed by atoms with van der Waals surface area (Å²) in [7, 11) is -0.395. The molecule has 7 heteroatoms. The lowest BCUT2D eigenvalue weighted by Gasteiger charge is -2.09. The molecule has 0 radical (unpaired) electrons. The van der Waals surface area contributed by atoms with Crippen LogP contribution in [-0.4, -0.2) is 21.0 Å². The van der Waals surface area contributed by atoms with Crippen LogP contribution in [0.5, 0.6) is 0 Å². The van der Waals surface area contributed by atoms with Crippen LogP contribution in [0, 0.1) is 12.7 Å².